The van der Waals surface area contributed by atoms with Crippen LogP contribution in [-0.2, 0) is 6.42 Å². The number of phenols is 1. The van der Waals surface area contributed by atoms with E-state index in [0.29, 0.717) is 23.5 Å². The summed E-state index contributed by atoms with van der Waals surface area (Å²) in [5.74, 6) is 2.83. The molecule has 3 aliphatic carbocycles. The number of phenolic OH excluding ortho intramolecular Hbond substituents is 1. The molecule has 0 amide bonds. The van der Waals surface area contributed by atoms with E-state index < -0.39 is 0 Å². The Morgan fingerprint density at radius 3 is 2.77 bits per heavy atom. The molecule has 0 bridgehead atoms. The molecule has 0 aromatic heterocycles. The fourth-order valence-corrected chi connectivity index (χ4v) is 5.82. The summed E-state index contributed by atoms with van der Waals surface area (Å²) >= 11 is 0. The van der Waals surface area contributed by atoms with Gasteiger partial charge in [0, 0.05) is 5.56 Å². The molecule has 0 radical (unpaired) electrons. The highest BCUT2D eigenvalue weighted by Gasteiger charge is 2.54. The van der Waals surface area contributed by atoms with Crippen LogP contribution < -0.4 is 4.74 Å². The van der Waals surface area contributed by atoms with E-state index in [9.17, 15) is 10.2 Å². The summed E-state index contributed by atoms with van der Waals surface area (Å²) in [6, 6.07) is 3.90. The van der Waals surface area contributed by atoms with Gasteiger partial charge in [0.15, 0.2) is 11.5 Å². The summed E-state index contributed by atoms with van der Waals surface area (Å²) in [6.45, 7) is 2.30. The molecule has 0 aliphatic heterocycles. The van der Waals surface area contributed by atoms with Crippen molar-refractivity contribution >= 4 is 0 Å². The molecule has 5 atom stereocenters. The fourth-order valence-electron chi connectivity index (χ4n) is 5.82. The molecule has 3 heteroatoms. The van der Waals surface area contributed by atoms with Crippen LogP contribution in [0.4, 0.5) is 0 Å². The molecule has 4 rings (SSSR count). The number of hydrogen-bond acceptors (Lipinski definition) is 3. The van der Waals surface area contributed by atoms with Gasteiger partial charge in [-0.05, 0) is 73.3 Å². The molecular formula is C19H26O3. The van der Waals surface area contributed by atoms with E-state index in [1.165, 1.54) is 17.5 Å². The zero-order valence-electron chi connectivity index (χ0n) is 13.5. The van der Waals surface area contributed by atoms with E-state index in [1.807, 2.05) is 0 Å². The molecule has 0 saturated heterocycles. The Kier molecular flexibility index (Phi) is 3.19. The Hall–Kier alpha value is -1.22. The van der Waals surface area contributed by atoms with Crippen molar-refractivity contribution in [2.75, 3.05) is 7.11 Å². The first-order chi connectivity index (χ1) is 10.6. The predicted octanol–water partition coefficient (Wildman–Crippen LogP) is 3.62. The van der Waals surface area contributed by atoms with Gasteiger partial charge >= 0.3 is 0 Å². The minimum absolute atomic E-state index is 0.116. The third-order valence-corrected chi connectivity index (χ3v) is 6.99. The van der Waals surface area contributed by atoms with Gasteiger partial charge in [-0.15, -0.1) is 0 Å². The van der Waals surface area contributed by atoms with Crippen molar-refractivity contribution in [1.29, 1.82) is 0 Å². The van der Waals surface area contributed by atoms with Gasteiger partial charge in [-0.3, -0.25) is 0 Å². The van der Waals surface area contributed by atoms with E-state index in [-0.39, 0.29) is 17.3 Å². The summed E-state index contributed by atoms with van der Waals surface area (Å²) in [7, 11) is 1.65. The van der Waals surface area contributed by atoms with Crippen molar-refractivity contribution in [1.82, 2.24) is 0 Å². The number of aliphatic hydroxyl groups excluding tert-OH is 1. The Balaban J connectivity index is 1.74. The van der Waals surface area contributed by atoms with E-state index in [4.69, 9.17) is 4.74 Å². The standard InChI is InChI=1S/C19H26O3/c1-19-10-9-12-11-5-7-16(20)18(22-2)14(11)4-3-13(12)15(19)6-8-17(19)21/h5,7,12-13,15,17,20-21H,3-4,6,8-10H2,1-2H3/t12-,13-,15-,17+,19+/m1/s1. The molecule has 2 saturated carbocycles. The summed E-state index contributed by atoms with van der Waals surface area (Å²) in [6.07, 6.45) is 6.42. The lowest BCUT2D eigenvalue weighted by Gasteiger charge is -2.50. The van der Waals surface area contributed by atoms with Crippen LogP contribution in [0.25, 0.3) is 0 Å². The molecular weight excluding hydrogens is 276 g/mol. The van der Waals surface area contributed by atoms with E-state index in [2.05, 4.69) is 13.0 Å². The van der Waals surface area contributed by atoms with Gasteiger partial charge in [-0.25, -0.2) is 0 Å². The van der Waals surface area contributed by atoms with Crippen LogP contribution in [0.15, 0.2) is 12.1 Å². The molecule has 120 valence electrons. The van der Waals surface area contributed by atoms with Gasteiger partial charge in [0.25, 0.3) is 0 Å². The highest BCUT2D eigenvalue weighted by molar-refractivity contribution is 5.52. The molecule has 22 heavy (non-hydrogen) atoms. The van der Waals surface area contributed by atoms with Gasteiger partial charge in [-0.1, -0.05) is 13.0 Å². The number of aliphatic hydroxyl groups is 1. The Labute approximate surface area is 132 Å². The molecule has 3 nitrogen and oxygen atoms in total. The first-order valence-corrected chi connectivity index (χ1v) is 8.63. The Bertz CT molecular complexity index is 597. The van der Waals surface area contributed by atoms with Crippen LogP contribution in [0.2, 0.25) is 0 Å². The molecule has 0 spiro atoms. The Morgan fingerprint density at radius 1 is 1.18 bits per heavy atom. The van der Waals surface area contributed by atoms with E-state index in [1.54, 1.807) is 13.2 Å². The monoisotopic (exact) mass is 302 g/mol. The number of fused-ring (bicyclic) bond motifs is 5. The third kappa shape index (κ3) is 1.78. The molecule has 1 aromatic carbocycles. The molecule has 3 aliphatic rings. The normalized spacial score (nSPS) is 39.8. The average Bonchev–Trinajstić information content (AvgIpc) is 2.82. The molecule has 2 N–H and O–H groups in total. The van der Waals surface area contributed by atoms with Crippen molar-refractivity contribution in [2.24, 2.45) is 17.3 Å². The van der Waals surface area contributed by atoms with Crippen LogP contribution in [0.3, 0.4) is 0 Å². The number of aromatic hydroxyl groups is 1. The van der Waals surface area contributed by atoms with Crippen molar-refractivity contribution < 1.29 is 14.9 Å². The van der Waals surface area contributed by atoms with Crippen molar-refractivity contribution in [3.05, 3.63) is 23.3 Å². The lowest BCUT2D eigenvalue weighted by molar-refractivity contribution is -0.0227. The number of ether oxygens (including phenoxy) is 1. The number of hydrogen-bond donors (Lipinski definition) is 2. The van der Waals surface area contributed by atoms with Crippen LogP contribution in [0.1, 0.15) is 56.1 Å². The average molecular weight is 302 g/mol. The van der Waals surface area contributed by atoms with Gasteiger partial charge in [0.2, 0.25) is 0 Å². The van der Waals surface area contributed by atoms with Crippen molar-refractivity contribution in [2.45, 2.75) is 57.5 Å². The topological polar surface area (TPSA) is 49.7 Å². The number of rotatable bonds is 1. The van der Waals surface area contributed by atoms with Crippen LogP contribution >= 0.6 is 0 Å². The second-order valence-electron chi connectivity index (χ2n) is 7.74. The lowest BCUT2D eigenvalue weighted by atomic mass is 9.55. The zero-order chi connectivity index (χ0) is 15.5. The van der Waals surface area contributed by atoms with Gasteiger partial charge in [0.1, 0.15) is 0 Å². The first-order valence-electron chi connectivity index (χ1n) is 8.63. The maximum atomic E-state index is 10.4. The quantitative estimate of drug-likeness (QED) is 0.833. The van der Waals surface area contributed by atoms with Gasteiger partial charge < -0.3 is 14.9 Å². The van der Waals surface area contributed by atoms with E-state index in [0.717, 1.165) is 32.1 Å². The number of methoxy groups -OCH3 is 1. The first kappa shape index (κ1) is 14.4. The fraction of sp³-hybridized carbons (Fsp3) is 0.684. The van der Waals surface area contributed by atoms with Gasteiger partial charge in [0.05, 0.1) is 13.2 Å². The highest BCUT2D eigenvalue weighted by Crippen LogP contribution is 2.61. The van der Waals surface area contributed by atoms with Crippen molar-refractivity contribution in [3.63, 3.8) is 0 Å². The predicted molar refractivity (Wildman–Crippen MR) is 85.3 cm³/mol. The van der Waals surface area contributed by atoms with Crippen LogP contribution in [0, 0.1) is 17.3 Å². The molecule has 0 heterocycles. The van der Waals surface area contributed by atoms with Crippen molar-refractivity contribution in [3.8, 4) is 11.5 Å². The SMILES string of the molecule is COc1c(O)ccc2c1CC[C@@H]1[C@@H]2CC[C@@]2(C)[C@@H]1CC[C@@H]2O. The highest BCUT2D eigenvalue weighted by atomic mass is 16.5. The summed E-state index contributed by atoms with van der Waals surface area (Å²) in [5.41, 5.74) is 2.72. The number of benzene rings is 1. The van der Waals surface area contributed by atoms with E-state index >= 15 is 0 Å². The van der Waals surface area contributed by atoms with Gasteiger partial charge in [-0.2, -0.15) is 0 Å². The molecule has 0 unspecified atom stereocenters. The largest absolute Gasteiger partial charge is 0.504 e. The lowest BCUT2D eigenvalue weighted by Crippen LogP contribution is -2.43. The maximum Gasteiger partial charge on any atom is 0.163 e. The maximum absolute atomic E-state index is 10.4. The zero-order valence-corrected chi connectivity index (χ0v) is 13.5. The summed E-state index contributed by atoms with van der Waals surface area (Å²) < 4.78 is 5.46. The second kappa shape index (κ2) is 4.89. The summed E-state index contributed by atoms with van der Waals surface area (Å²) in [4.78, 5) is 0. The third-order valence-electron chi connectivity index (χ3n) is 6.99. The molecule has 2 fully saturated rings. The minimum Gasteiger partial charge on any atom is -0.504 e. The smallest absolute Gasteiger partial charge is 0.163 e. The second-order valence-corrected chi connectivity index (χ2v) is 7.74. The minimum atomic E-state index is -0.116. The summed E-state index contributed by atoms with van der Waals surface area (Å²) in [5, 5.41) is 20.5. The Morgan fingerprint density at radius 2 is 2.00 bits per heavy atom. The molecule has 1 aromatic rings. The van der Waals surface area contributed by atoms with Crippen LogP contribution in [-0.4, -0.2) is 23.4 Å². The van der Waals surface area contributed by atoms with Crippen LogP contribution in [0.5, 0.6) is 11.5 Å².